The Morgan fingerprint density at radius 1 is 0.958 bits per heavy atom. The molecule has 264 valence electrons. The first-order chi connectivity index (χ1) is 22.4. The molecule has 1 saturated heterocycles. The van der Waals surface area contributed by atoms with Crippen molar-refractivity contribution in [1.82, 2.24) is 16.0 Å². The zero-order valence-corrected chi connectivity index (χ0v) is 26.2. The van der Waals surface area contributed by atoms with Gasteiger partial charge in [0.1, 0.15) is 0 Å². The first-order valence-electron chi connectivity index (χ1n) is 14.8. The summed E-state index contributed by atoms with van der Waals surface area (Å²) in [7, 11) is 0. The predicted molar refractivity (Wildman–Crippen MR) is 169 cm³/mol. The number of carbonyl (C=O) groups excluding carboxylic acids is 1. The molecule has 1 amide bonds. The second-order valence-electron chi connectivity index (χ2n) is 10.9. The van der Waals surface area contributed by atoms with Gasteiger partial charge in [-0.3, -0.25) is 4.79 Å². The highest BCUT2D eigenvalue weighted by molar-refractivity contribution is 5.97. The Bertz CT molecular complexity index is 1480. The largest absolute Gasteiger partial charge is 0.490 e. The first kappa shape index (κ1) is 39.8. The lowest BCUT2D eigenvalue weighted by molar-refractivity contribution is -0.193. The molecule has 0 aliphatic carbocycles. The van der Waals surface area contributed by atoms with E-state index < -0.39 is 24.3 Å². The molecule has 1 heterocycles. The van der Waals surface area contributed by atoms with Gasteiger partial charge in [-0.05, 0) is 67.3 Å². The average molecular weight is 688 g/mol. The Hall–Kier alpha value is -4.41. The summed E-state index contributed by atoms with van der Waals surface area (Å²) in [6.45, 7) is 7.30. The SMILES string of the molecule is Cc1ccc(NC[C@H](CN)NC[C@H]2CCCN2)cc1C(=O)N[C@H](C)c1cccc2ccccc12.O=C(O)C(F)(F)F.O=C(O)C(F)(F)F. The molecule has 0 spiro atoms. The molecule has 1 fully saturated rings. The van der Waals surface area contributed by atoms with Gasteiger partial charge >= 0.3 is 24.3 Å². The molecule has 10 nitrogen and oxygen atoms in total. The van der Waals surface area contributed by atoms with Crippen LogP contribution in [0.5, 0.6) is 0 Å². The van der Waals surface area contributed by atoms with Gasteiger partial charge in [0.25, 0.3) is 5.91 Å². The van der Waals surface area contributed by atoms with Crippen molar-refractivity contribution in [2.24, 2.45) is 5.73 Å². The number of nitrogens with two attached hydrogens (primary N) is 1. The molecule has 0 unspecified atom stereocenters. The molecule has 3 aromatic carbocycles. The quantitative estimate of drug-likeness (QED) is 0.146. The van der Waals surface area contributed by atoms with E-state index in [0.717, 1.165) is 35.3 Å². The van der Waals surface area contributed by atoms with Crippen LogP contribution in [-0.2, 0) is 9.59 Å². The van der Waals surface area contributed by atoms with Gasteiger partial charge in [0.15, 0.2) is 0 Å². The molecule has 8 N–H and O–H groups in total. The Kier molecular flexibility index (Phi) is 15.1. The third kappa shape index (κ3) is 13.0. The second-order valence-corrected chi connectivity index (χ2v) is 10.9. The number of rotatable bonds is 10. The number of fused-ring (bicyclic) bond motifs is 1. The summed E-state index contributed by atoms with van der Waals surface area (Å²) in [6, 6.07) is 21.0. The van der Waals surface area contributed by atoms with E-state index in [4.69, 9.17) is 25.5 Å². The summed E-state index contributed by atoms with van der Waals surface area (Å²) in [5.41, 5.74) is 9.67. The number of alkyl halides is 6. The lowest BCUT2D eigenvalue weighted by Gasteiger charge is -2.21. The maximum atomic E-state index is 13.2. The summed E-state index contributed by atoms with van der Waals surface area (Å²) >= 11 is 0. The number of hydrogen-bond acceptors (Lipinski definition) is 7. The fraction of sp³-hybridized carbons (Fsp3) is 0.406. The maximum absolute atomic E-state index is 13.2. The van der Waals surface area contributed by atoms with Crippen molar-refractivity contribution < 1.29 is 50.9 Å². The third-order valence-electron chi connectivity index (χ3n) is 7.26. The molecule has 1 aliphatic rings. The van der Waals surface area contributed by atoms with Gasteiger partial charge in [0.2, 0.25) is 0 Å². The average Bonchev–Trinajstić information content (AvgIpc) is 3.55. The lowest BCUT2D eigenvalue weighted by atomic mass is 9.99. The fourth-order valence-corrected chi connectivity index (χ4v) is 4.68. The van der Waals surface area contributed by atoms with E-state index in [0.29, 0.717) is 24.7 Å². The van der Waals surface area contributed by atoms with Crippen molar-refractivity contribution in [3.8, 4) is 0 Å². The van der Waals surface area contributed by atoms with Gasteiger partial charge in [-0.25, -0.2) is 9.59 Å². The number of anilines is 1. The number of aryl methyl sites for hydroxylation is 1. The van der Waals surface area contributed by atoms with E-state index >= 15 is 0 Å². The maximum Gasteiger partial charge on any atom is 0.490 e. The third-order valence-corrected chi connectivity index (χ3v) is 7.26. The van der Waals surface area contributed by atoms with Crippen LogP contribution < -0.4 is 27.0 Å². The van der Waals surface area contributed by atoms with Crippen LogP contribution in [0.3, 0.4) is 0 Å². The van der Waals surface area contributed by atoms with Gasteiger partial charge in [0, 0.05) is 43.0 Å². The second kappa shape index (κ2) is 18.2. The Labute approximate surface area is 273 Å². The summed E-state index contributed by atoms with van der Waals surface area (Å²) in [6.07, 6.45) is -7.71. The van der Waals surface area contributed by atoms with Crippen molar-refractivity contribution in [3.05, 3.63) is 77.4 Å². The summed E-state index contributed by atoms with van der Waals surface area (Å²) < 4.78 is 63.5. The zero-order chi connectivity index (χ0) is 36.1. The Balaban J connectivity index is 0.000000479. The molecule has 0 aromatic heterocycles. The van der Waals surface area contributed by atoms with Gasteiger partial charge < -0.3 is 37.2 Å². The number of hydrogen-bond donors (Lipinski definition) is 7. The van der Waals surface area contributed by atoms with Crippen LogP contribution in [0.25, 0.3) is 10.8 Å². The minimum atomic E-state index is -5.08. The lowest BCUT2D eigenvalue weighted by Crippen LogP contribution is -2.46. The van der Waals surface area contributed by atoms with Crippen LogP contribution in [0.2, 0.25) is 0 Å². The number of nitrogens with one attached hydrogen (secondary N) is 4. The highest BCUT2D eigenvalue weighted by Crippen LogP contribution is 2.25. The number of carboxylic acids is 2. The molecular formula is C32H39F6N5O5. The van der Waals surface area contributed by atoms with E-state index in [9.17, 15) is 31.1 Å². The fourth-order valence-electron chi connectivity index (χ4n) is 4.68. The van der Waals surface area contributed by atoms with Crippen LogP contribution in [-0.4, -0.2) is 78.7 Å². The van der Waals surface area contributed by atoms with Gasteiger partial charge in [0.05, 0.1) is 6.04 Å². The van der Waals surface area contributed by atoms with Crippen LogP contribution in [0.15, 0.2) is 60.7 Å². The number of carboxylic acid groups (broad SMARTS) is 2. The molecule has 3 atom stereocenters. The van der Waals surface area contributed by atoms with E-state index in [1.807, 2.05) is 50.2 Å². The molecule has 0 saturated carbocycles. The minimum Gasteiger partial charge on any atom is -0.475 e. The van der Waals surface area contributed by atoms with E-state index in [2.05, 4.69) is 45.5 Å². The number of carbonyl (C=O) groups is 3. The number of halogens is 6. The smallest absolute Gasteiger partial charge is 0.475 e. The topological polar surface area (TPSA) is 166 Å². The number of amides is 1. The predicted octanol–water partition coefficient (Wildman–Crippen LogP) is 4.99. The standard InChI is InChI=1S/C28H37N5O.2C2HF3O2/c1-19-12-13-22(31-18-24(16-29)32-17-23-9-6-14-30-23)15-27(19)28(34)33-20(2)25-11-5-8-21-7-3-4-10-26(21)25;2*3-2(4,5)1(6)7/h3-5,7-8,10-13,15,20,23-24,30-32H,6,9,14,16-18,29H2,1-2H3,(H,33,34);2*(H,6,7)/t20-,23-,24+;;/m1../s1. The molecule has 48 heavy (non-hydrogen) atoms. The molecule has 0 bridgehead atoms. The highest BCUT2D eigenvalue weighted by Gasteiger charge is 2.38. The Morgan fingerprint density at radius 2 is 1.56 bits per heavy atom. The van der Waals surface area contributed by atoms with Crippen molar-refractivity contribution in [3.63, 3.8) is 0 Å². The van der Waals surface area contributed by atoms with E-state index in [1.165, 1.54) is 18.2 Å². The summed E-state index contributed by atoms with van der Waals surface area (Å²) in [4.78, 5) is 31.0. The number of aliphatic carboxylic acids is 2. The van der Waals surface area contributed by atoms with Gasteiger partial charge in [-0.2, -0.15) is 26.3 Å². The molecule has 1 aliphatic heterocycles. The molecule has 3 aromatic rings. The summed E-state index contributed by atoms with van der Waals surface area (Å²) in [5.74, 6) is -5.58. The van der Waals surface area contributed by atoms with Crippen molar-refractivity contribution >= 4 is 34.3 Å². The zero-order valence-electron chi connectivity index (χ0n) is 26.2. The molecular weight excluding hydrogens is 648 g/mol. The van der Waals surface area contributed by atoms with Gasteiger partial charge in [-0.1, -0.05) is 48.5 Å². The summed E-state index contributed by atoms with van der Waals surface area (Å²) in [5, 5.41) is 30.3. The van der Waals surface area contributed by atoms with Gasteiger partial charge in [-0.15, -0.1) is 0 Å². The van der Waals surface area contributed by atoms with E-state index in [-0.39, 0.29) is 18.0 Å². The normalized spacial score (nSPS) is 15.6. The van der Waals surface area contributed by atoms with Crippen LogP contribution in [0.4, 0.5) is 32.0 Å². The van der Waals surface area contributed by atoms with Crippen LogP contribution in [0, 0.1) is 6.92 Å². The van der Waals surface area contributed by atoms with Crippen molar-refractivity contribution in [2.45, 2.75) is 57.2 Å². The minimum absolute atomic E-state index is 0.0672. The Morgan fingerprint density at radius 3 is 2.12 bits per heavy atom. The number of benzene rings is 3. The van der Waals surface area contributed by atoms with E-state index in [1.54, 1.807) is 0 Å². The monoisotopic (exact) mass is 687 g/mol. The molecule has 0 radical (unpaired) electrons. The van der Waals surface area contributed by atoms with Crippen molar-refractivity contribution in [1.29, 1.82) is 0 Å². The van der Waals surface area contributed by atoms with Crippen LogP contribution >= 0.6 is 0 Å². The molecule has 4 rings (SSSR count). The molecule has 16 heteroatoms. The highest BCUT2D eigenvalue weighted by atomic mass is 19.4. The van der Waals surface area contributed by atoms with Crippen molar-refractivity contribution in [2.75, 3.05) is 31.5 Å². The first-order valence-corrected chi connectivity index (χ1v) is 14.8. The van der Waals surface area contributed by atoms with Crippen LogP contribution in [0.1, 0.15) is 47.3 Å².